The van der Waals surface area contributed by atoms with Gasteiger partial charge in [0.25, 0.3) is 0 Å². The van der Waals surface area contributed by atoms with Crippen molar-refractivity contribution < 1.29 is 4.79 Å². The van der Waals surface area contributed by atoms with Crippen molar-refractivity contribution in [3.63, 3.8) is 0 Å². The van der Waals surface area contributed by atoms with Gasteiger partial charge in [-0.1, -0.05) is 64.1 Å². The summed E-state index contributed by atoms with van der Waals surface area (Å²) in [6, 6.07) is 13.3. The number of carbonyl (C=O) groups is 1. The summed E-state index contributed by atoms with van der Waals surface area (Å²) in [4.78, 5) is 19.5. The quantitative estimate of drug-likeness (QED) is 0.521. The molecular weight excluding hydrogens is 402 g/mol. The van der Waals surface area contributed by atoms with E-state index in [1.54, 1.807) is 0 Å². The minimum absolute atomic E-state index is 0.267. The van der Waals surface area contributed by atoms with E-state index in [-0.39, 0.29) is 5.91 Å². The minimum Gasteiger partial charge on any atom is -0.369 e. The number of anilines is 2. The van der Waals surface area contributed by atoms with Crippen molar-refractivity contribution in [2.24, 2.45) is 11.7 Å². The van der Waals surface area contributed by atoms with Gasteiger partial charge in [-0.25, -0.2) is 0 Å². The van der Waals surface area contributed by atoms with Crippen LogP contribution in [0, 0.1) is 5.92 Å². The van der Waals surface area contributed by atoms with Gasteiger partial charge >= 0.3 is 0 Å². The van der Waals surface area contributed by atoms with Crippen molar-refractivity contribution in [1.82, 2.24) is 4.90 Å². The number of para-hydroxylation sites is 1. The Labute approximate surface area is 192 Å². The largest absolute Gasteiger partial charge is 0.369 e. The van der Waals surface area contributed by atoms with Gasteiger partial charge in [0.05, 0.1) is 17.8 Å². The molecule has 2 unspecified atom stereocenters. The first kappa shape index (κ1) is 23.7. The van der Waals surface area contributed by atoms with E-state index in [1.165, 1.54) is 26.7 Å². The van der Waals surface area contributed by atoms with Gasteiger partial charge in [-0.3, -0.25) is 4.79 Å². The molecular formula is C26H37N3OS. The molecule has 3 rings (SSSR count). The van der Waals surface area contributed by atoms with Crippen molar-refractivity contribution in [3.8, 4) is 0 Å². The third kappa shape index (κ3) is 5.27. The molecule has 0 aliphatic carbocycles. The van der Waals surface area contributed by atoms with E-state index in [0.717, 1.165) is 38.0 Å². The average molecular weight is 440 g/mol. The maximum atomic E-state index is 11.9. The summed E-state index contributed by atoms with van der Waals surface area (Å²) in [5.74, 6) is 0.275. The molecule has 168 valence electrons. The highest BCUT2D eigenvalue weighted by Gasteiger charge is 2.31. The molecule has 5 heteroatoms. The molecule has 1 aliphatic rings. The van der Waals surface area contributed by atoms with E-state index < -0.39 is 0 Å². The number of carbonyl (C=O) groups excluding carboxylic acids is 1. The lowest BCUT2D eigenvalue weighted by Gasteiger charge is -2.41. The summed E-state index contributed by atoms with van der Waals surface area (Å²) in [6.45, 7) is 14.4. The molecule has 1 heterocycles. The molecule has 2 atom stereocenters. The SMILES string of the molecule is CCC(C)Cc1c(CC(N)=O)ccc2c1N(C(C)CN(CC)CC)c1ccccc1S2. The Morgan fingerprint density at radius 1 is 1.06 bits per heavy atom. The highest BCUT2D eigenvalue weighted by atomic mass is 32.2. The fourth-order valence-electron chi connectivity index (χ4n) is 4.45. The highest BCUT2D eigenvalue weighted by Crippen LogP contribution is 2.51. The zero-order chi connectivity index (χ0) is 22.5. The molecule has 1 aliphatic heterocycles. The van der Waals surface area contributed by atoms with Gasteiger partial charge in [0.2, 0.25) is 5.91 Å². The highest BCUT2D eigenvalue weighted by molar-refractivity contribution is 7.99. The molecule has 0 saturated heterocycles. The summed E-state index contributed by atoms with van der Waals surface area (Å²) in [5.41, 5.74) is 10.6. The van der Waals surface area contributed by atoms with Crippen LogP contribution in [0.4, 0.5) is 11.4 Å². The number of nitrogens with zero attached hydrogens (tertiary/aromatic N) is 2. The monoisotopic (exact) mass is 439 g/mol. The van der Waals surface area contributed by atoms with Crippen molar-refractivity contribution in [2.75, 3.05) is 24.5 Å². The van der Waals surface area contributed by atoms with E-state index >= 15 is 0 Å². The molecule has 4 nitrogen and oxygen atoms in total. The summed E-state index contributed by atoms with van der Waals surface area (Å²) >= 11 is 1.84. The summed E-state index contributed by atoms with van der Waals surface area (Å²) in [6.07, 6.45) is 2.36. The van der Waals surface area contributed by atoms with E-state index in [0.29, 0.717) is 18.4 Å². The van der Waals surface area contributed by atoms with Crippen LogP contribution in [-0.4, -0.2) is 36.5 Å². The molecule has 1 amide bonds. The second-order valence-electron chi connectivity index (χ2n) is 8.69. The average Bonchev–Trinajstić information content (AvgIpc) is 2.76. The molecule has 2 N–H and O–H groups in total. The number of fused-ring (bicyclic) bond motifs is 2. The summed E-state index contributed by atoms with van der Waals surface area (Å²) in [5, 5.41) is 0. The van der Waals surface area contributed by atoms with E-state index in [9.17, 15) is 4.79 Å². The predicted molar refractivity (Wildman–Crippen MR) is 132 cm³/mol. The van der Waals surface area contributed by atoms with Crippen LogP contribution in [-0.2, 0) is 17.6 Å². The van der Waals surface area contributed by atoms with E-state index in [4.69, 9.17) is 5.73 Å². The zero-order valence-corrected chi connectivity index (χ0v) is 20.5. The Bertz CT molecular complexity index is 910. The maximum Gasteiger partial charge on any atom is 0.221 e. The number of amides is 1. The third-order valence-corrected chi connectivity index (χ3v) is 7.51. The van der Waals surface area contributed by atoms with E-state index in [2.05, 4.69) is 80.8 Å². The zero-order valence-electron chi connectivity index (χ0n) is 19.6. The Balaban J connectivity index is 2.17. The summed E-state index contributed by atoms with van der Waals surface area (Å²) < 4.78 is 0. The second-order valence-corrected chi connectivity index (χ2v) is 9.77. The van der Waals surface area contributed by atoms with Gasteiger partial charge in [0.1, 0.15) is 0 Å². The normalized spacial score (nSPS) is 14.8. The molecule has 0 radical (unpaired) electrons. The fourth-order valence-corrected chi connectivity index (χ4v) is 5.56. The number of primary amides is 1. The van der Waals surface area contributed by atoms with Crippen LogP contribution >= 0.6 is 11.8 Å². The first-order chi connectivity index (χ1) is 14.9. The topological polar surface area (TPSA) is 49.6 Å². The Morgan fingerprint density at radius 2 is 1.77 bits per heavy atom. The first-order valence-corrected chi connectivity index (χ1v) is 12.4. The van der Waals surface area contributed by atoms with Crippen molar-refractivity contribution in [3.05, 3.63) is 47.5 Å². The number of hydrogen-bond acceptors (Lipinski definition) is 4. The van der Waals surface area contributed by atoms with Crippen molar-refractivity contribution in [1.29, 1.82) is 0 Å². The van der Waals surface area contributed by atoms with Gasteiger partial charge < -0.3 is 15.5 Å². The smallest absolute Gasteiger partial charge is 0.221 e. The van der Waals surface area contributed by atoms with Crippen molar-refractivity contribution >= 4 is 29.0 Å². The number of rotatable bonds is 10. The molecule has 0 aromatic heterocycles. The Morgan fingerprint density at radius 3 is 2.42 bits per heavy atom. The molecule has 2 aromatic rings. The van der Waals surface area contributed by atoms with E-state index in [1.807, 2.05) is 11.8 Å². The minimum atomic E-state index is -0.267. The lowest BCUT2D eigenvalue weighted by Crippen LogP contribution is -2.41. The van der Waals surface area contributed by atoms with Crippen LogP contribution in [0.5, 0.6) is 0 Å². The molecule has 2 aromatic carbocycles. The first-order valence-electron chi connectivity index (χ1n) is 11.6. The number of benzene rings is 2. The molecule has 0 fully saturated rings. The molecule has 0 spiro atoms. The van der Waals surface area contributed by atoms with Crippen LogP contribution in [0.25, 0.3) is 0 Å². The predicted octanol–water partition coefficient (Wildman–Crippen LogP) is 5.64. The van der Waals surface area contributed by atoms with Crippen LogP contribution in [0.2, 0.25) is 0 Å². The van der Waals surface area contributed by atoms with Gasteiger partial charge in [-0.2, -0.15) is 0 Å². The second kappa shape index (κ2) is 10.6. The Hall–Kier alpha value is -1.98. The number of nitrogens with two attached hydrogens (primary N) is 1. The van der Waals surface area contributed by atoms with Gasteiger partial charge in [-0.05, 0) is 61.7 Å². The van der Waals surface area contributed by atoms with Crippen LogP contribution in [0.1, 0.15) is 52.2 Å². The standard InChI is InChI=1S/C26H37N3OS/c1-6-18(4)15-21-20(16-25(27)30)13-14-24-26(21)29(19(5)17-28(7-2)8-3)22-11-9-10-12-23(22)31-24/h9-14,18-19H,6-8,15-17H2,1-5H3,(H2,27,30). The Kier molecular flexibility index (Phi) is 8.06. The fraction of sp³-hybridized carbons (Fsp3) is 0.500. The number of hydrogen-bond donors (Lipinski definition) is 1. The lowest BCUT2D eigenvalue weighted by molar-refractivity contribution is -0.117. The van der Waals surface area contributed by atoms with Crippen LogP contribution in [0.3, 0.4) is 0 Å². The summed E-state index contributed by atoms with van der Waals surface area (Å²) in [7, 11) is 0. The van der Waals surface area contributed by atoms with Crippen LogP contribution < -0.4 is 10.6 Å². The third-order valence-electron chi connectivity index (χ3n) is 6.40. The molecule has 0 bridgehead atoms. The van der Waals surface area contributed by atoms with Gasteiger partial charge in [-0.15, -0.1) is 0 Å². The maximum absolute atomic E-state index is 11.9. The van der Waals surface area contributed by atoms with Crippen molar-refractivity contribution in [2.45, 2.75) is 69.7 Å². The van der Waals surface area contributed by atoms with Gasteiger partial charge in [0.15, 0.2) is 0 Å². The molecule has 0 saturated carbocycles. The van der Waals surface area contributed by atoms with Gasteiger partial charge in [0, 0.05) is 22.4 Å². The number of likely N-dealkylation sites (N-methyl/N-ethyl adjacent to an activating group) is 1. The van der Waals surface area contributed by atoms with Crippen LogP contribution in [0.15, 0.2) is 46.2 Å². The molecule has 31 heavy (non-hydrogen) atoms. The lowest BCUT2D eigenvalue weighted by atomic mass is 9.91.